The summed E-state index contributed by atoms with van der Waals surface area (Å²) >= 11 is 6.02. The summed E-state index contributed by atoms with van der Waals surface area (Å²) in [5.74, 6) is 1.57. The molecule has 8 heteroatoms. The molecule has 0 unspecified atom stereocenters. The zero-order valence-electron chi connectivity index (χ0n) is 14.4. The number of hydrogen-bond acceptors (Lipinski definition) is 5. The van der Waals surface area contributed by atoms with Gasteiger partial charge in [0.1, 0.15) is 17.2 Å². The lowest BCUT2D eigenvalue weighted by Gasteiger charge is -2.18. The summed E-state index contributed by atoms with van der Waals surface area (Å²) in [5, 5.41) is 0.219. The van der Waals surface area contributed by atoms with E-state index < -0.39 is 16.1 Å². The van der Waals surface area contributed by atoms with E-state index in [1.165, 1.54) is 32.4 Å². The number of sulfonamides is 1. The lowest BCUT2D eigenvalue weighted by Crippen LogP contribution is -2.27. The van der Waals surface area contributed by atoms with Crippen molar-refractivity contribution in [2.45, 2.75) is 17.9 Å². The molecule has 0 heterocycles. The fourth-order valence-electron chi connectivity index (χ4n) is 2.36. The van der Waals surface area contributed by atoms with Crippen molar-refractivity contribution in [1.29, 1.82) is 0 Å². The highest BCUT2D eigenvalue weighted by molar-refractivity contribution is 7.89. The minimum atomic E-state index is -3.79. The maximum Gasteiger partial charge on any atom is 0.241 e. The minimum Gasteiger partial charge on any atom is -0.497 e. The van der Waals surface area contributed by atoms with E-state index in [1.54, 1.807) is 32.2 Å². The molecule has 25 heavy (non-hydrogen) atoms. The van der Waals surface area contributed by atoms with Gasteiger partial charge < -0.3 is 14.2 Å². The molecule has 0 fully saturated rings. The van der Waals surface area contributed by atoms with E-state index in [4.69, 9.17) is 25.8 Å². The molecule has 0 saturated carbocycles. The van der Waals surface area contributed by atoms with Crippen molar-refractivity contribution in [2.75, 3.05) is 21.3 Å². The number of nitrogens with one attached hydrogen (secondary N) is 1. The molecular formula is C17H20ClNO5S. The van der Waals surface area contributed by atoms with E-state index in [1.807, 2.05) is 0 Å². The number of halogens is 1. The van der Waals surface area contributed by atoms with Crippen molar-refractivity contribution in [3.8, 4) is 17.2 Å². The van der Waals surface area contributed by atoms with Crippen LogP contribution in [0.3, 0.4) is 0 Å². The van der Waals surface area contributed by atoms with Crippen molar-refractivity contribution in [2.24, 2.45) is 0 Å². The molecule has 0 bridgehead atoms. The van der Waals surface area contributed by atoms with Crippen LogP contribution in [0, 0.1) is 0 Å². The van der Waals surface area contributed by atoms with Gasteiger partial charge in [-0.15, -0.1) is 0 Å². The fourth-order valence-corrected chi connectivity index (χ4v) is 3.93. The third kappa shape index (κ3) is 4.36. The van der Waals surface area contributed by atoms with Crippen LogP contribution in [0.25, 0.3) is 0 Å². The maximum atomic E-state index is 12.6. The van der Waals surface area contributed by atoms with Crippen molar-refractivity contribution >= 4 is 21.6 Å². The molecule has 6 nitrogen and oxygen atoms in total. The van der Waals surface area contributed by atoms with Crippen molar-refractivity contribution in [3.63, 3.8) is 0 Å². The predicted molar refractivity (Wildman–Crippen MR) is 96.3 cm³/mol. The van der Waals surface area contributed by atoms with Gasteiger partial charge in [0.05, 0.1) is 31.2 Å². The van der Waals surface area contributed by atoms with Crippen LogP contribution in [0.4, 0.5) is 0 Å². The highest BCUT2D eigenvalue weighted by Gasteiger charge is 2.22. The smallest absolute Gasteiger partial charge is 0.241 e. The molecule has 0 amide bonds. The second kappa shape index (κ2) is 7.95. The van der Waals surface area contributed by atoms with E-state index in [9.17, 15) is 8.42 Å². The van der Waals surface area contributed by atoms with E-state index in [0.717, 1.165) is 0 Å². The summed E-state index contributed by atoms with van der Waals surface area (Å²) < 4.78 is 43.4. The Labute approximate surface area is 152 Å². The first-order valence-electron chi connectivity index (χ1n) is 7.40. The van der Waals surface area contributed by atoms with Crippen molar-refractivity contribution < 1.29 is 22.6 Å². The lowest BCUT2D eigenvalue weighted by atomic mass is 10.1. The SMILES string of the molecule is COc1ccc(OC)c([C@H](C)NS(=O)(=O)c2ccc(OC)c(Cl)c2)c1. The summed E-state index contributed by atoms with van der Waals surface area (Å²) in [5.41, 5.74) is 0.657. The van der Waals surface area contributed by atoms with Gasteiger partial charge in [0.2, 0.25) is 10.0 Å². The normalized spacial score (nSPS) is 12.5. The summed E-state index contributed by atoms with van der Waals surface area (Å²) in [6, 6.07) is 8.94. The molecule has 1 N–H and O–H groups in total. The van der Waals surface area contributed by atoms with E-state index >= 15 is 0 Å². The molecule has 2 aromatic carbocycles. The first-order chi connectivity index (χ1) is 11.8. The number of hydrogen-bond donors (Lipinski definition) is 1. The van der Waals surface area contributed by atoms with Crippen molar-refractivity contribution in [3.05, 3.63) is 47.0 Å². The Balaban J connectivity index is 2.33. The summed E-state index contributed by atoms with van der Waals surface area (Å²) in [4.78, 5) is 0.0482. The van der Waals surface area contributed by atoms with Crippen LogP contribution < -0.4 is 18.9 Å². The van der Waals surface area contributed by atoms with Crippen LogP contribution in [0.5, 0.6) is 17.2 Å². The third-order valence-corrected chi connectivity index (χ3v) is 5.50. The average molecular weight is 386 g/mol. The summed E-state index contributed by atoms with van der Waals surface area (Å²) in [7, 11) is 0.742. The summed E-state index contributed by atoms with van der Waals surface area (Å²) in [6.45, 7) is 1.72. The topological polar surface area (TPSA) is 73.9 Å². The highest BCUT2D eigenvalue weighted by Crippen LogP contribution is 2.31. The quantitative estimate of drug-likeness (QED) is 0.790. The Hall–Kier alpha value is -1.96. The zero-order valence-corrected chi connectivity index (χ0v) is 15.9. The molecule has 0 saturated heterocycles. The second-order valence-electron chi connectivity index (χ2n) is 5.25. The maximum absolute atomic E-state index is 12.6. The van der Waals surface area contributed by atoms with Crippen LogP contribution in [0.1, 0.15) is 18.5 Å². The average Bonchev–Trinajstić information content (AvgIpc) is 2.60. The Morgan fingerprint density at radius 3 is 2.16 bits per heavy atom. The standard InChI is InChI=1S/C17H20ClNO5S/c1-11(14-9-12(22-2)5-7-16(14)23-3)19-25(20,21)13-6-8-17(24-4)15(18)10-13/h5-11,19H,1-4H3/t11-/m0/s1. The van der Waals surface area contributed by atoms with E-state index in [-0.39, 0.29) is 9.92 Å². The first-order valence-corrected chi connectivity index (χ1v) is 9.26. The van der Waals surface area contributed by atoms with Gasteiger partial charge in [-0.3, -0.25) is 0 Å². The van der Waals surface area contributed by atoms with Crippen LogP contribution >= 0.6 is 11.6 Å². The lowest BCUT2D eigenvalue weighted by molar-refractivity contribution is 0.395. The monoisotopic (exact) mass is 385 g/mol. The van der Waals surface area contributed by atoms with Gasteiger partial charge in [0.15, 0.2) is 0 Å². The summed E-state index contributed by atoms with van der Waals surface area (Å²) in [6.07, 6.45) is 0. The molecule has 0 aliphatic carbocycles. The van der Waals surface area contributed by atoms with Gasteiger partial charge in [-0.05, 0) is 43.3 Å². The minimum absolute atomic E-state index is 0.0482. The molecule has 2 aromatic rings. The van der Waals surface area contributed by atoms with E-state index in [0.29, 0.717) is 22.8 Å². The molecule has 136 valence electrons. The Kier molecular flexibility index (Phi) is 6.16. The second-order valence-corrected chi connectivity index (χ2v) is 7.37. The highest BCUT2D eigenvalue weighted by atomic mass is 35.5. The van der Waals surface area contributed by atoms with Gasteiger partial charge in [0, 0.05) is 11.6 Å². The number of benzene rings is 2. The van der Waals surface area contributed by atoms with Crippen LogP contribution in [0.2, 0.25) is 5.02 Å². The Morgan fingerprint density at radius 1 is 0.960 bits per heavy atom. The Bertz CT molecular complexity index is 854. The van der Waals surface area contributed by atoms with Gasteiger partial charge in [-0.25, -0.2) is 13.1 Å². The van der Waals surface area contributed by atoms with Gasteiger partial charge >= 0.3 is 0 Å². The van der Waals surface area contributed by atoms with Crippen molar-refractivity contribution in [1.82, 2.24) is 4.72 Å². The van der Waals surface area contributed by atoms with Gasteiger partial charge in [-0.2, -0.15) is 0 Å². The molecule has 0 spiro atoms. The number of rotatable bonds is 7. The van der Waals surface area contributed by atoms with Gasteiger partial charge in [0.25, 0.3) is 0 Å². The number of methoxy groups -OCH3 is 3. The van der Waals surface area contributed by atoms with Crippen LogP contribution in [-0.2, 0) is 10.0 Å². The molecule has 1 atom stereocenters. The zero-order chi connectivity index (χ0) is 18.6. The molecule has 0 radical (unpaired) electrons. The number of ether oxygens (including phenoxy) is 3. The van der Waals surface area contributed by atoms with Gasteiger partial charge in [-0.1, -0.05) is 11.6 Å². The molecular weight excluding hydrogens is 366 g/mol. The fraction of sp³-hybridized carbons (Fsp3) is 0.294. The van der Waals surface area contributed by atoms with Crippen LogP contribution in [-0.4, -0.2) is 29.7 Å². The largest absolute Gasteiger partial charge is 0.497 e. The molecule has 0 aliphatic heterocycles. The first kappa shape index (κ1) is 19.4. The van der Waals surface area contributed by atoms with E-state index in [2.05, 4.69) is 4.72 Å². The van der Waals surface area contributed by atoms with Crippen LogP contribution in [0.15, 0.2) is 41.3 Å². The predicted octanol–water partition coefficient (Wildman–Crippen LogP) is 3.41. The molecule has 2 rings (SSSR count). The molecule has 0 aliphatic rings. The third-order valence-electron chi connectivity index (χ3n) is 3.67. The molecule has 0 aromatic heterocycles. The Morgan fingerprint density at radius 2 is 1.60 bits per heavy atom.